The van der Waals surface area contributed by atoms with Crippen molar-refractivity contribution >= 4 is 50.8 Å². The highest BCUT2D eigenvalue weighted by Gasteiger charge is 2.28. The number of pyridine rings is 1. The van der Waals surface area contributed by atoms with Gasteiger partial charge in [-0.25, -0.2) is 14.8 Å². The first-order chi connectivity index (χ1) is 20.1. The van der Waals surface area contributed by atoms with Gasteiger partial charge in [0.1, 0.15) is 24.8 Å². The zero-order chi connectivity index (χ0) is 28.0. The number of rotatable bonds is 6. The van der Waals surface area contributed by atoms with Gasteiger partial charge in [0.15, 0.2) is 5.82 Å². The summed E-state index contributed by atoms with van der Waals surface area (Å²) in [4.78, 5) is 28.0. The molecule has 2 unspecified atom stereocenters. The van der Waals surface area contributed by atoms with Crippen LogP contribution in [0, 0.1) is 11.8 Å². The van der Waals surface area contributed by atoms with Gasteiger partial charge in [0.2, 0.25) is 0 Å². The van der Waals surface area contributed by atoms with Crippen LogP contribution in [0.2, 0.25) is 5.02 Å². The van der Waals surface area contributed by atoms with Crippen LogP contribution in [0.3, 0.4) is 0 Å². The maximum Gasteiger partial charge on any atom is 0.410 e. The van der Waals surface area contributed by atoms with Gasteiger partial charge in [0.05, 0.1) is 45.1 Å². The van der Waals surface area contributed by atoms with Crippen molar-refractivity contribution in [1.29, 1.82) is 0 Å². The molecule has 1 amide bonds. The summed E-state index contributed by atoms with van der Waals surface area (Å²) in [5.41, 5.74) is 2.39. The molecule has 1 aromatic carbocycles. The van der Waals surface area contributed by atoms with Gasteiger partial charge in [-0.15, -0.1) is 11.3 Å². The third-order valence-electron chi connectivity index (χ3n) is 6.60. The van der Waals surface area contributed by atoms with Crippen LogP contribution < -0.4 is 15.4 Å². The van der Waals surface area contributed by atoms with Gasteiger partial charge in [0, 0.05) is 37.9 Å². The summed E-state index contributed by atoms with van der Waals surface area (Å²) in [5, 5.41) is 7.15. The lowest BCUT2D eigenvalue weighted by atomic mass is 10.2. The summed E-state index contributed by atoms with van der Waals surface area (Å²) < 4.78 is 17.7. The first-order valence-electron chi connectivity index (χ1n) is 13.2. The molecule has 2 fully saturated rings. The van der Waals surface area contributed by atoms with E-state index in [4.69, 9.17) is 25.8 Å². The summed E-state index contributed by atoms with van der Waals surface area (Å²) in [7, 11) is 0. The van der Waals surface area contributed by atoms with E-state index >= 15 is 0 Å². The number of thiophene rings is 1. The first kappa shape index (κ1) is 27.2. The molecule has 3 aromatic heterocycles. The maximum atomic E-state index is 12.4. The fourth-order valence-electron chi connectivity index (χ4n) is 4.50. The fraction of sp³-hybridized carbons (Fsp3) is 0.310. The summed E-state index contributed by atoms with van der Waals surface area (Å²) in [5.74, 6) is 7.76. The second kappa shape index (κ2) is 12.7. The zero-order valence-electron chi connectivity index (χ0n) is 22.0. The average molecular weight is 591 g/mol. The van der Waals surface area contributed by atoms with Crippen LogP contribution in [0.25, 0.3) is 10.2 Å². The third-order valence-corrected chi connectivity index (χ3v) is 7.95. The zero-order valence-corrected chi connectivity index (χ0v) is 23.6. The molecular weight excluding hydrogens is 564 g/mol. The number of carbonyl (C=O) groups excluding carboxylic acids is 1. The van der Waals surface area contributed by atoms with Crippen molar-refractivity contribution in [2.75, 3.05) is 38.2 Å². The minimum Gasteiger partial charge on any atom is -0.486 e. The van der Waals surface area contributed by atoms with E-state index in [9.17, 15) is 4.79 Å². The van der Waals surface area contributed by atoms with Crippen LogP contribution in [0.5, 0.6) is 5.75 Å². The normalized spacial score (nSPS) is 18.5. The van der Waals surface area contributed by atoms with Crippen molar-refractivity contribution in [3.63, 3.8) is 0 Å². The summed E-state index contributed by atoms with van der Waals surface area (Å²) >= 11 is 8.00. The molecule has 0 spiro atoms. The highest BCUT2D eigenvalue weighted by Crippen LogP contribution is 2.33. The Morgan fingerprint density at radius 2 is 2.10 bits per heavy atom. The van der Waals surface area contributed by atoms with Crippen molar-refractivity contribution in [1.82, 2.24) is 25.2 Å². The molecule has 41 heavy (non-hydrogen) atoms. The second-order valence-corrected chi connectivity index (χ2v) is 11.0. The molecular formula is C29H27ClN6O4S. The van der Waals surface area contributed by atoms with Crippen LogP contribution >= 0.6 is 22.9 Å². The fourth-order valence-corrected chi connectivity index (χ4v) is 5.65. The highest BCUT2D eigenvalue weighted by molar-refractivity contribution is 7.20. The molecule has 4 aromatic rings. The molecule has 0 aliphatic carbocycles. The lowest BCUT2D eigenvalue weighted by Crippen LogP contribution is -2.42. The Kier molecular flexibility index (Phi) is 8.44. The number of amides is 1. The Morgan fingerprint density at radius 1 is 1.20 bits per heavy atom. The number of aromatic nitrogens is 3. The van der Waals surface area contributed by atoms with Gasteiger partial charge in [-0.1, -0.05) is 29.5 Å². The minimum absolute atomic E-state index is 0.0630. The van der Waals surface area contributed by atoms with Crippen LogP contribution in [0.4, 0.5) is 16.3 Å². The quantitative estimate of drug-likeness (QED) is 0.311. The predicted molar refractivity (Wildman–Crippen MR) is 157 cm³/mol. The summed E-state index contributed by atoms with van der Waals surface area (Å²) in [6.07, 6.45) is 3.40. The monoisotopic (exact) mass is 590 g/mol. The van der Waals surface area contributed by atoms with Crippen molar-refractivity contribution in [2.45, 2.75) is 25.2 Å². The molecule has 2 aliphatic heterocycles. The molecule has 2 aliphatic rings. The first-order valence-corrected chi connectivity index (χ1v) is 14.4. The van der Waals surface area contributed by atoms with Crippen molar-refractivity contribution < 1.29 is 19.0 Å². The summed E-state index contributed by atoms with van der Waals surface area (Å²) in [6.45, 7) is 3.13. The number of anilines is 2. The van der Waals surface area contributed by atoms with Gasteiger partial charge < -0.3 is 24.4 Å². The number of hydrogen-bond acceptors (Lipinski definition) is 10. The number of hydrogen-bond donors (Lipinski definition) is 2. The Bertz CT molecular complexity index is 1580. The van der Waals surface area contributed by atoms with Crippen LogP contribution in [-0.4, -0.2) is 70.9 Å². The largest absolute Gasteiger partial charge is 0.486 e. The molecule has 6 rings (SSSR count). The van der Waals surface area contributed by atoms with Gasteiger partial charge in [-0.05, 0) is 36.4 Å². The SMILES string of the molecule is O=C(OC1CNC(C#Cc2cc3ncnc(Nc4ccc(OCc5ccccn5)c(Cl)c4)c3s2)C1)N1CCOCC1. The number of ether oxygens (including phenoxy) is 3. The number of nitrogens with zero attached hydrogens (tertiary/aromatic N) is 4. The Balaban J connectivity index is 1.08. The Morgan fingerprint density at radius 3 is 2.93 bits per heavy atom. The van der Waals surface area contributed by atoms with Gasteiger partial charge in [-0.3, -0.25) is 10.3 Å². The standard InChI is InChI=1S/C29H27ClN6O4S/c30-24-14-20(5-7-26(24)39-17-21-3-1-2-8-31-21)35-28-27-25(33-18-34-28)15-23(41-27)6-4-19-13-22(16-32-19)40-29(37)36-9-11-38-12-10-36/h1-3,5,7-8,14-15,18-19,22,32H,9-13,16-17H2,(H,33,34,35). The van der Waals surface area contributed by atoms with Crippen LogP contribution in [0.1, 0.15) is 17.0 Å². The Labute approximate surface area is 246 Å². The number of benzene rings is 1. The number of halogens is 1. The van der Waals surface area contributed by atoms with E-state index in [-0.39, 0.29) is 18.2 Å². The smallest absolute Gasteiger partial charge is 0.410 e. The molecule has 12 heteroatoms. The van der Waals surface area contributed by atoms with E-state index in [1.54, 1.807) is 17.2 Å². The van der Waals surface area contributed by atoms with E-state index in [0.29, 0.717) is 62.5 Å². The van der Waals surface area contributed by atoms with Crippen LogP contribution in [-0.2, 0) is 16.1 Å². The summed E-state index contributed by atoms with van der Waals surface area (Å²) in [6, 6.07) is 13.1. The van der Waals surface area contributed by atoms with E-state index in [2.05, 4.69) is 37.4 Å². The van der Waals surface area contributed by atoms with Crippen molar-refractivity contribution in [3.05, 3.63) is 70.6 Å². The number of nitrogens with one attached hydrogen (secondary N) is 2. The van der Waals surface area contributed by atoms with Gasteiger partial charge in [0.25, 0.3) is 0 Å². The molecule has 0 saturated carbocycles. The maximum absolute atomic E-state index is 12.4. The molecule has 0 radical (unpaired) electrons. The van der Waals surface area contributed by atoms with Crippen molar-refractivity contribution in [2.24, 2.45) is 0 Å². The molecule has 10 nitrogen and oxygen atoms in total. The molecule has 2 atom stereocenters. The van der Waals surface area contributed by atoms with Crippen molar-refractivity contribution in [3.8, 4) is 17.6 Å². The van der Waals surface area contributed by atoms with Gasteiger partial charge in [-0.2, -0.15) is 0 Å². The number of carbonyl (C=O) groups is 1. The number of morpholine rings is 1. The molecule has 210 valence electrons. The van der Waals surface area contributed by atoms with Gasteiger partial charge >= 0.3 is 6.09 Å². The van der Waals surface area contributed by atoms with E-state index < -0.39 is 0 Å². The lowest BCUT2D eigenvalue weighted by molar-refractivity contribution is 0.0156. The second-order valence-electron chi connectivity index (χ2n) is 9.50. The molecule has 0 bridgehead atoms. The average Bonchev–Trinajstić information content (AvgIpc) is 3.64. The van der Waals surface area contributed by atoms with E-state index in [1.165, 1.54) is 17.7 Å². The van der Waals surface area contributed by atoms with E-state index in [0.717, 1.165) is 26.5 Å². The topological polar surface area (TPSA) is 111 Å². The van der Waals surface area contributed by atoms with E-state index in [1.807, 2.05) is 36.4 Å². The molecule has 2 saturated heterocycles. The lowest BCUT2D eigenvalue weighted by Gasteiger charge is -2.27. The molecule has 5 heterocycles. The third kappa shape index (κ3) is 6.86. The van der Waals surface area contributed by atoms with Crippen LogP contribution in [0.15, 0.2) is 55.0 Å². The molecule has 2 N–H and O–H groups in total. The Hall–Kier alpha value is -3.95. The minimum atomic E-state index is -0.287. The predicted octanol–water partition coefficient (Wildman–Crippen LogP) is 4.61. The number of fused-ring (bicyclic) bond motifs is 1. The highest BCUT2D eigenvalue weighted by atomic mass is 35.5.